The molecule has 0 aliphatic carbocycles. The summed E-state index contributed by atoms with van der Waals surface area (Å²) in [7, 11) is 0. The molecule has 0 heterocycles. The van der Waals surface area contributed by atoms with Crippen molar-refractivity contribution in [2.75, 3.05) is 11.9 Å². The highest BCUT2D eigenvalue weighted by molar-refractivity contribution is 7.80. The second-order valence-corrected chi connectivity index (χ2v) is 8.72. The van der Waals surface area contributed by atoms with Crippen molar-refractivity contribution in [1.29, 1.82) is 0 Å². The molecular formula is C23H23ClN2O3S. The highest BCUT2D eigenvalue weighted by atomic mass is 35.5. The van der Waals surface area contributed by atoms with Crippen LogP contribution in [-0.2, 0) is 10.2 Å². The Morgan fingerprint density at radius 3 is 2.50 bits per heavy atom. The molecule has 3 N–H and O–H groups in total. The minimum absolute atomic E-state index is 0.0412. The molecule has 0 atom stereocenters. The first kappa shape index (κ1) is 21.9. The van der Waals surface area contributed by atoms with Gasteiger partial charge in [-0.3, -0.25) is 10.1 Å². The molecule has 3 aromatic carbocycles. The van der Waals surface area contributed by atoms with Crippen LogP contribution in [-0.4, -0.2) is 22.7 Å². The third-order valence-corrected chi connectivity index (χ3v) is 5.01. The number of phenols is 1. The third-order valence-electron chi connectivity index (χ3n) is 4.52. The molecule has 0 unspecified atom stereocenters. The topological polar surface area (TPSA) is 70.6 Å². The molecule has 0 aromatic heterocycles. The molecule has 7 heteroatoms. The number of rotatable bonds is 4. The summed E-state index contributed by atoms with van der Waals surface area (Å²) in [5.41, 5.74) is 1.07. The lowest BCUT2D eigenvalue weighted by atomic mass is 9.87. The predicted octanol–water partition coefficient (Wildman–Crippen LogP) is 5.39. The van der Waals surface area contributed by atoms with Gasteiger partial charge in [0.1, 0.15) is 5.75 Å². The lowest BCUT2D eigenvalue weighted by Gasteiger charge is -2.21. The molecule has 0 saturated carbocycles. The van der Waals surface area contributed by atoms with Crippen LogP contribution in [0.2, 0.25) is 5.02 Å². The summed E-state index contributed by atoms with van der Waals surface area (Å²) < 4.78 is 5.56. The van der Waals surface area contributed by atoms with Crippen LogP contribution in [0.5, 0.6) is 11.5 Å². The second-order valence-electron chi connectivity index (χ2n) is 7.90. The van der Waals surface area contributed by atoms with E-state index in [9.17, 15) is 9.90 Å². The Bertz CT molecular complexity index is 1110. The van der Waals surface area contributed by atoms with Crippen LogP contribution in [0.3, 0.4) is 0 Å². The van der Waals surface area contributed by atoms with E-state index in [0.29, 0.717) is 11.4 Å². The van der Waals surface area contributed by atoms with Crippen LogP contribution >= 0.6 is 23.8 Å². The molecule has 0 bridgehead atoms. The van der Waals surface area contributed by atoms with Gasteiger partial charge in [0.25, 0.3) is 5.91 Å². The molecule has 0 aliphatic rings. The van der Waals surface area contributed by atoms with Crippen LogP contribution in [0, 0.1) is 0 Å². The number of halogens is 1. The fourth-order valence-corrected chi connectivity index (χ4v) is 3.29. The molecule has 0 radical (unpaired) electrons. The smallest absolute Gasteiger partial charge is 0.264 e. The van der Waals surface area contributed by atoms with Gasteiger partial charge in [-0.2, -0.15) is 0 Å². The number of ether oxygens (including phenoxy) is 1. The summed E-state index contributed by atoms with van der Waals surface area (Å²) >= 11 is 11.3. The SMILES string of the molecule is CC(C)(C)c1cc(Cl)c(O)c(NC(=S)NC(=O)COc2ccc3ccccc3c2)c1. The van der Waals surface area contributed by atoms with Gasteiger partial charge in [0.15, 0.2) is 17.5 Å². The number of phenolic OH excluding ortho intramolecular Hbond substituents is 1. The Morgan fingerprint density at radius 1 is 1.10 bits per heavy atom. The van der Waals surface area contributed by atoms with Gasteiger partial charge in [0.2, 0.25) is 0 Å². The summed E-state index contributed by atoms with van der Waals surface area (Å²) in [5, 5.41) is 18.0. The first-order valence-electron chi connectivity index (χ1n) is 9.39. The number of benzene rings is 3. The van der Waals surface area contributed by atoms with Gasteiger partial charge in [0.05, 0.1) is 10.7 Å². The molecule has 5 nitrogen and oxygen atoms in total. The largest absolute Gasteiger partial charge is 0.504 e. The van der Waals surface area contributed by atoms with E-state index < -0.39 is 5.91 Å². The number of thiocarbonyl (C=S) groups is 1. The van der Waals surface area contributed by atoms with E-state index in [1.165, 1.54) is 0 Å². The molecule has 0 aliphatic heterocycles. The minimum Gasteiger partial charge on any atom is -0.504 e. The number of aromatic hydroxyl groups is 1. The first-order valence-corrected chi connectivity index (χ1v) is 10.2. The van der Waals surface area contributed by atoms with E-state index in [0.717, 1.165) is 16.3 Å². The maximum Gasteiger partial charge on any atom is 0.264 e. The predicted molar refractivity (Wildman–Crippen MR) is 126 cm³/mol. The number of carbonyl (C=O) groups is 1. The fourth-order valence-electron chi connectivity index (χ4n) is 2.85. The van der Waals surface area contributed by atoms with E-state index in [1.807, 2.05) is 63.2 Å². The molecule has 0 saturated heterocycles. The Labute approximate surface area is 186 Å². The Kier molecular flexibility index (Phi) is 6.48. The maximum atomic E-state index is 12.2. The quantitative estimate of drug-likeness (QED) is 0.373. The summed E-state index contributed by atoms with van der Waals surface area (Å²) in [5.74, 6) is 0.0388. The number of carbonyl (C=O) groups excluding carboxylic acids is 1. The molecule has 3 aromatic rings. The Morgan fingerprint density at radius 2 is 1.80 bits per heavy atom. The van der Waals surface area contributed by atoms with Gasteiger partial charge in [-0.1, -0.05) is 62.7 Å². The molecule has 0 fully saturated rings. The number of hydrogen-bond donors (Lipinski definition) is 3. The van der Waals surface area contributed by atoms with Gasteiger partial charge in [-0.15, -0.1) is 0 Å². The standard InChI is InChI=1S/C23H23ClN2O3S/c1-23(2,3)16-11-18(24)21(28)19(12-16)25-22(30)26-20(27)13-29-17-9-8-14-6-4-5-7-15(14)10-17/h4-12,28H,13H2,1-3H3,(H2,25,26,27,30). The normalized spacial score (nSPS) is 11.2. The van der Waals surface area contributed by atoms with Crippen molar-refractivity contribution in [3.63, 3.8) is 0 Å². The van der Waals surface area contributed by atoms with E-state index in [1.54, 1.807) is 12.1 Å². The van der Waals surface area contributed by atoms with Gasteiger partial charge in [-0.05, 0) is 58.2 Å². The number of fused-ring (bicyclic) bond motifs is 1. The minimum atomic E-state index is -0.418. The number of nitrogens with one attached hydrogen (secondary N) is 2. The van der Waals surface area contributed by atoms with Crippen molar-refractivity contribution in [1.82, 2.24) is 5.32 Å². The van der Waals surface area contributed by atoms with Crippen molar-refractivity contribution < 1.29 is 14.6 Å². The lowest BCUT2D eigenvalue weighted by Crippen LogP contribution is -2.37. The molecule has 0 spiro atoms. The summed E-state index contributed by atoms with van der Waals surface area (Å²) in [6.45, 7) is 5.89. The third kappa shape index (κ3) is 5.40. The van der Waals surface area contributed by atoms with Gasteiger partial charge in [-0.25, -0.2) is 0 Å². The number of amides is 1. The number of anilines is 1. The molecular weight excluding hydrogens is 420 g/mol. The molecule has 30 heavy (non-hydrogen) atoms. The second kappa shape index (κ2) is 8.90. The van der Waals surface area contributed by atoms with Crippen LogP contribution < -0.4 is 15.4 Å². The number of hydrogen-bond acceptors (Lipinski definition) is 4. The highest BCUT2D eigenvalue weighted by Gasteiger charge is 2.19. The van der Waals surface area contributed by atoms with Crippen LogP contribution in [0.4, 0.5) is 5.69 Å². The zero-order chi connectivity index (χ0) is 21.9. The lowest BCUT2D eigenvalue weighted by molar-refractivity contribution is -0.121. The summed E-state index contributed by atoms with van der Waals surface area (Å²) in [6.07, 6.45) is 0. The Balaban J connectivity index is 1.60. The van der Waals surface area contributed by atoms with Gasteiger partial charge >= 0.3 is 0 Å². The van der Waals surface area contributed by atoms with Crippen molar-refractivity contribution in [2.45, 2.75) is 26.2 Å². The van der Waals surface area contributed by atoms with Gasteiger partial charge in [0, 0.05) is 0 Å². The monoisotopic (exact) mass is 442 g/mol. The van der Waals surface area contributed by atoms with Crippen molar-refractivity contribution in [2.24, 2.45) is 0 Å². The average Bonchev–Trinajstić information content (AvgIpc) is 2.68. The average molecular weight is 443 g/mol. The maximum absolute atomic E-state index is 12.2. The van der Waals surface area contributed by atoms with Crippen molar-refractivity contribution in [3.05, 3.63) is 65.2 Å². The van der Waals surface area contributed by atoms with Crippen molar-refractivity contribution in [3.8, 4) is 11.5 Å². The van der Waals surface area contributed by atoms with Crippen molar-refractivity contribution >= 4 is 51.3 Å². The fraction of sp³-hybridized carbons (Fsp3) is 0.217. The summed E-state index contributed by atoms with van der Waals surface area (Å²) in [4.78, 5) is 12.2. The Hall–Kier alpha value is -2.83. The van der Waals surface area contributed by atoms with Crippen LogP contribution in [0.15, 0.2) is 54.6 Å². The van der Waals surface area contributed by atoms with E-state index in [-0.39, 0.29) is 27.9 Å². The van der Waals surface area contributed by atoms with Crippen LogP contribution in [0.1, 0.15) is 26.3 Å². The first-order chi connectivity index (χ1) is 14.1. The van der Waals surface area contributed by atoms with Gasteiger partial charge < -0.3 is 15.2 Å². The van der Waals surface area contributed by atoms with E-state index in [2.05, 4.69) is 10.6 Å². The van der Waals surface area contributed by atoms with E-state index in [4.69, 9.17) is 28.6 Å². The zero-order valence-electron chi connectivity index (χ0n) is 17.0. The van der Waals surface area contributed by atoms with E-state index >= 15 is 0 Å². The molecule has 156 valence electrons. The highest BCUT2D eigenvalue weighted by Crippen LogP contribution is 2.37. The molecule has 1 amide bonds. The molecule has 3 rings (SSSR count). The zero-order valence-corrected chi connectivity index (χ0v) is 18.5. The van der Waals surface area contributed by atoms with Crippen LogP contribution in [0.25, 0.3) is 10.8 Å². The summed E-state index contributed by atoms with van der Waals surface area (Å²) in [6, 6.07) is 17.0.